The number of aliphatic imine (C=N–C) groups is 1. The van der Waals surface area contributed by atoms with Crippen LogP contribution in [0.15, 0.2) is 68.0 Å². The second kappa shape index (κ2) is 23.2. The Balaban J connectivity index is 0.903. The number of nitrogens with one attached hydrogen (secondary N) is 4. The molecule has 19 heteroatoms. The van der Waals surface area contributed by atoms with E-state index in [1.165, 1.54) is 0 Å². The second-order valence-corrected chi connectivity index (χ2v) is 19.1. The highest BCUT2D eigenvalue weighted by atomic mass is 32.2. The van der Waals surface area contributed by atoms with Gasteiger partial charge in [-0.25, -0.2) is 13.1 Å². The molecular formula is C50H63N7O11S. The molecule has 2 aliphatic heterocycles. The van der Waals surface area contributed by atoms with Crippen molar-refractivity contribution in [1.29, 1.82) is 0 Å². The van der Waals surface area contributed by atoms with Gasteiger partial charge in [-0.3, -0.25) is 29.0 Å². The van der Waals surface area contributed by atoms with Gasteiger partial charge in [0.1, 0.15) is 23.1 Å². The van der Waals surface area contributed by atoms with Crippen LogP contribution in [0.2, 0.25) is 0 Å². The van der Waals surface area contributed by atoms with Gasteiger partial charge in [0.15, 0.2) is 5.75 Å². The first-order valence-electron chi connectivity index (χ1n) is 23.1. The molecule has 0 aromatic heterocycles. The van der Waals surface area contributed by atoms with E-state index in [0.717, 1.165) is 33.5 Å². The Morgan fingerprint density at radius 3 is 2.26 bits per heavy atom. The minimum atomic E-state index is -4.13. The Hall–Kier alpha value is -6.57. The van der Waals surface area contributed by atoms with Crippen molar-refractivity contribution in [3.8, 4) is 11.5 Å². The third-order valence-corrected chi connectivity index (χ3v) is 13.6. The maximum atomic E-state index is 13.6. The van der Waals surface area contributed by atoms with E-state index in [1.807, 2.05) is 81.5 Å². The minimum Gasteiger partial charge on any atom is -0.488 e. The number of carbonyl (C=O) groups excluding carboxylic acids is 3. The molecule has 0 radical (unpaired) electrons. The molecular weight excluding hydrogens is 907 g/mol. The molecule has 0 saturated carbocycles. The predicted octanol–water partition coefficient (Wildman–Crippen LogP) is 3.94. The highest BCUT2D eigenvalue weighted by Gasteiger charge is 2.37. The van der Waals surface area contributed by atoms with Crippen LogP contribution in [0, 0.1) is 20.8 Å². The van der Waals surface area contributed by atoms with Crippen molar-refractivity contribution < 1.29 is 41.7 Å². The zero-order valence-electron chi connectivity index (χ0n) is 40.1. The lowest BCUT2D eigenvalue weighted by Gasteiger charge is -2.27. The summed E-state index contributed by atoms with van der Waals surface area (Å²) in [7, 11) is -4.13. The zero-order chi connectivity index (χ0) is 49.9. The average Bonchev–Trinajstić information content (AvgIpc) is 3.65. The third-order valence-electron chi connectivity index (χ3n) is 11.9. The molecule has 0 spiro atoms. The number of guanidine groups is 1. The first-order valence-corrected chi connectivity index (χ1v) is 24.6. The van der Waals surface area contributed by atoms with Crippen molar-refractivity contribution in [1.82, 2.24) is 15.4 Å². The molecule has 6 rings (SSSR count). The second-order valence-electron chi connectivity index (χ2n) is 17.5. The number of ether oxygens (including phenoxy) is 4. The Morgan fingerprint density at radius 2 is 1.54 bits per heavy atom. The lowest BCUT2D eigenvalue weighted by atomic mass is 9.94. The van der Waals surface area contributed by atoms with Crippen LogP contribution in [0.4, 0.5) is 11.4 Å². The molecule has 0 bridgehead atoms. The van der Waals surface area contributed by atoms with E-state index in [-0.39, 0.29) is 112 Å². The van der Waals surface area contributed by atoms with Crippen LogP contribution in [0.1, 0.15) is 85.4 Å². The van der Waals surface area contributed by atoms with E-state index in [2.05, 4.69) is 25.7 Å². The van der Waals surface area contributed by atoms with Gasteiger partial charge in [0.05, 0.1) is 50.2 Å². The highest BCUT2D eigenvalue weighted by Crippen LogP contribution is 2.43. The third kappa shape index (κ3) is 13.0. The topological polar surface area (TPSA) is 246 Å². The summed E-state index contributed by atoms with van der Waals surface area (Å²) in [5, 5.41) is 8.39. The Labute approximate surface area is 402 Å². The average molecular weight is 970 g/mol. The van der Waals surface area contributed by atoms with Crippen molar-refractivity contribution >= 4 is 57.2 Å². The number of sulfonamides is 1. The molecule has 1 atom stereocenters. The van der Waals surface area contributed by atoms with Crippen LogP contribution < -0.4 is 51.6 Å². The summed E-state index contributed by atoms with van der Waals surface area (Å²) in [4.78, 5) is 70.1. The van der Waals surface area contributed by atoms with E-state index < -0.39 is 38.4 Å². The number of carbonyl (C=O) groups is 3. The Kier molecular flexibility index (Phi) is 17.4. The summed E-state index contributed by atoms with van der Waals surface area (Å²) < 4.78 is 52.3. The SMILES string of the molecule is CCOc1c(N[C@@H](CCCN=C(N)NS(=O)(=O)c2c(C)c(C)c3c(c2C)CC(C)(C)O3)C(=O)NCCOCCOCCNC(=O)CCC(=O)N2Cc3ccccc3/C=C\c3ccccc32)c(=O)c1=O. The standard InChI is InChI=1S/C50H63N7O11S/c1-7-67-46-42(43(60)44(46)61)55-38(16-12-22-54-49(51)56-69(63,64)47-32(3)31(2)45-37(33(47)4)29-50(5,6)68-45)48(62)53-24-26-66-28-27-65-25-23-52-40(58)20-21-41(59)57-30-36-15-9-8-13-34(36)18-19-35-14-10-11-17-39(35)57/h8-11,13-15,17-19,38,55H,7,12,16,20-30H2,1-6H3,(H,52,58)(H,53,62)(H3,51,54,56)/b19-18-/t38-/m0/s1. The normalized spacial score (nSPS) is 14.9. The number of anilines is 2. The number of para-hydroxylation sites is 1. The lowest BCUT2D eigenvalue weighted by molar-refractivity contribution is -0.125. The number of hydrogen-bond acceptors (Lipinski definition) is 13. The monoisotopic (exact) mass is 969 g/mol. The minimum absolute atomic E-state index is 0.0258. The van der Waals surface area contributed by atoms with Gasteiger partial charge in [-0.2, -0.15) is 0 Å². The van der Waals surface area contributed by atoms with Gasteiger partial charge >= 0.3 is 0 Å². The summed E-state index contributed by atoms with van der Waals surface area (Å²) in [6.07, 6.45) is 5.03. The molecule has 2 aliphatic rings. The summed E-state index contributed by atoms with van der Waals surface area (Å²) in [5.41, 5.74) is 10.4. The molecule has 0 saturated heterocycles. The smallest absolute Gasteiger partial charge is 0.272 e. The van der Waals surface area contributed by atoms with Gasteiger partial charge in [0.25, 0.3) is 20.9 Å². The maximum Gasteiger partial charge on any atom is 0.272 e. The fourth-order valence-corrected chi connectivity index (χ4v) is 9.89. The van der Waals surface area contributed by atoms with Gasteiger partial charge in [-0.1, -0.05) is 54.6 Å². The quantitative estimate of drug-likeness (QED) is 0.0307. The maximum absolute atomic E-state index is 13.6. The first kappa shape index (κ1) is 51.8. The molecule has 2 heterocycles. The van der Waals surface area contributed by atoms with E-state index in [1.54, 1.807) is 25.7 Å². The Morgan fingerprint density at radius 1 is 0.870 bits per heavy atom. The van der Waals surface area contributed by atoms with E-state index >= 15 is 0 Å². The number of rotatable bonds is 23. The summed E-state index contributed by atoms with van der Waals surface area (Å²) >= 11 is 0. The van der Waals surface area contributed by atoms with Crippen LogP contribution in [-0.4, -0.2) is 96.4 Å². The van der Waals surface area contributed by atoms with Gasteiger partial charge in [0.2, 0.25) is 23.7 Å². The molecule has 18 nitrogen and oxygen atoms in total. The molecule has 4 aromatic carbocycles. The van der Waals surface area contributed by atoms with Crippen molar-refractivity contribution in [2.75, 3.05) is 62.9 Å². The van der Waals surface area contributed by atoms with Crippen LogP contribution in [0.3, 0.4) is 0 Å². The molecule has 69 heavy (non-hydrogen) atoms. The fraction of sp³-hybridized carbons (Fsp3) is 0.440. The number of amides is 3. The van der Waals surface area contributed by atoms with Gasteiger partial charge in [-0.05, 0) is 93.8 Å². The first-order chi connectivity index (χ1) is 32.9. The van der Waals surface area contributed by atoms with Gasteiger partial charge < -0.3 is 45.5 Å². The molecule has 4 aromatic rings. The molecule has 0 unspecified atom stereocenters. The van der Waals surface area contributed by atoms with Crippen molar-refractivity contribution in [2.24, 2.45) is 10.7 Å². The van der Waals surface area contributed by atoms with Crippen LogP contribution in [-0.2, 0) is 46.8 Å². The molecule has 0 aliphatic carbocycles. The number of nitrogens with two attached hydrogens (primary N) is 1. The summed E-state index contributed by atoms with van der Waals surface area (Å²) in [6.45, 7) is 12.6. The largest absolute Gasteiger partial charge is 0.488 e. The van der Waals surface area contributed by atoms with Crippen molar-refractivity contribution in [3.05, 3.63) is 108 Å². The van der Waals surface area contributed by atoms with Gasteiger partial charge in [-0.15, -0.1) is 0 Å². The van der Waals surface area contributed by atoms with E-state index in [0.29, 0.717) is 29.8 Å². The number of fused-ring (bicyclic) bond motifs is 3. The Bertz CT molecular complexity index is 2780. The predicted molar refractivity (Wildman–Crippen MR) is 265 cm³/mol. The van der Waals surface area contributed by atoms with Crippen LogP contribution >= 0.6 is 0 Å². The molecule has 6 N–H and O–H groups in total. The fourth-order valence-electron chi connectivity index (χ4n) is 8.36. The van der Waals surface area contributed by atoms with Crippen molar-refractivity contribution in [3.63, 3.8) is 0 Å². The van der Waals surface area contributed by atoms with Crippen LogP contribution in [0.5, 0.6) is 11.5 Å². The van der Waals surface area contributed by atoms with E-state index in [4.69, 9.17) is 24.7 Å². The number of benzene rings is 3. The highest BCUT2D eigenvalue weighted by molar-refractivity contribution is 7.90. The molecule has 3 amide bonds. The zero-order valence-corrected chi connectivity index (χ0v) is 40.9. The number of nitrogens with zero attached hydrogens (tertiary/aromatic N) is 2. The molecule has 370 valence electrons. The lowest BCUT2D eigenvalue weighted by Crippen LogP contribution is -2.45. The number of hydrogen-bond donors (Lipinski definition) is 5. The van der Waals surface area contributed by atoms with E-state index in [9.17, 15) is 32.4 Å². The van der Waals surface area contributed by atoms with Crippen molar-refractivity contribution in [2.45, 2.75) is 96.7 Å². The van der Waals surface area contributed by atoms with Crippen LogP contribution in [0.25, 0.3) is 12.2 Å². The summed E-state index contributed by atoms with van der Waals surface area (Å²) in [6, 6.07) is 14.6. The molecule has 0 fully saturated rings. The summed E-state index contributed by atoms with van der Waals surface area (Å²) in [5.74, 6) is -0.678. The van der Waals surface area contributed by atoms with Gasteiger partial charge in [0, 0.05) is 44.5 Å².